The summed E-state index contributed by atoms with van der Waals surface area (Å²) in [5.74, 6) is -0.697. The summed E-state index contributed by atoms with van der Waals surface area (Å²) in [7, 11) is 0. The molecule has 0 aliphatic rings. The summed E-state index contributed by atoms with van der Waals surface area (Å²) >= 11 is 0. The SMILES string of the molecule is C=C(F)C(C)(N)[C@H](C)O. The van der Waals surface area contributed by atoms with Crippen LogP contribution in [0.15, 0.2) is 12.4 Å². The lowest BCUT2D eigenvalue weighted by molar-refractivity contribution is 0.118. The van der Waals surface area contributed by atoms with E-state index in [2.05, 4.69) is 6.58 Å². The molecule has 0 aromatic carbocycles. The van der Waals surface area contributed by atoms with Crippen LogP contribution in [-0.2, 0) is 0 Å². The van der Waals surface area contributed by atoms with Crippen LogP contribution < -0.4 is 5.73 Å². The van der Waals surface area contributed by atoms with E-state index in [4.69, 9.17) is 10.8 Å². The van der Waals surface area contributed by atoms with Crippen molar-refractivity contribution in [1.29, 1.82) is 0 Å². The van der Waals surface area contributed by atoms with E-state index < -0.39 is 17.5 Å². The summed E-state index contributed by atoms with van der Waals surface area (Å²) in [6.07, 6.45) is -0.907. The van der Waals surface area contributed by atoms with Crippen molar-refractivity contribution in [3.8, 4) is 0 Å². The summed E-state index contributed by atoms with van der Waals surface area (Å²) < 4.78 is 12.3. The number of hydrogen-bond donors (Lipinski definition) is 2. The molecule has 9 heavy (non-hydrogen) atoms. The highest BCUT2D eigenvalue weighted by Gasteiger charge is 2.28. The second-order valence-electron chi connectivity index (χ2n) is 2.36. The van der Waals surface area contributed by atoms with Crippen molar-refractivity contribution in [1.82, 2.24) is 0 Å². The van der Waals surface area contributed by atoms with Crippen LogP contribution in [0, 0.1) is 0 Å². The third-order valence-corrected chi connectivity index (χ3v) is 1.45. The van der Waals surface area contributed by atoms with E-state index in [1.807, 2.05) is 0 Å². The maximum atomic E-state index is 12.3. The lowest BCUT2D eigenvalue weighted by Crippen LogP contribution is -2.46. The molecule has 0 bridgehead atoms. The molecule has 3 heteroatoms. The summed E-state index contributed by atoms with van der Waals surface area (Å²) in [5, 5.41) is 8.82. The molecule has 0 rings (SSSR count). The number of rotatable bonds is 2. The fourth-order valence-corrected chi connectivity index (χ4v) is 0.227. The van der Waals surface area contributed by atoms with Crippen molar-refractivity contribution in [3.05, 3.63) is 12.4 Å². The van der Waals surface area contributed by atoms with Crippen LogP contribution in [0.5, 0.6) is 0 Å². The van der Waals surface area contributed by atoms with Gasteiger partial charge in [-0.15, -0.1) is 0 Å². The highest BCUT2D eigenvalue weighted by molar-refractivity contribution is 5.08. The Hall–Kier alpha value is -0.410. The molecular formula is C6H12FNO. The molecule has 0 spiro atoms. The van der Waals surface area contributed by atoms with Crippen LogP contribution in [-0.4, -0.2) is 16.7 Å². The van der Waals surface area contributed by atoms with Gasteiger partial charge in [-0.05, 0) is 13.8 Å². The van der Waals surface area contributed by atoms with Crippen LogP contribution in [0.25, 0.3) is 0 Å². The molecular weight excluding hydrogens is 121 g/mol. The van der Waals surface area contributed by atoms with Gasteiger partial charge in [0, 0.05) is 0 Å². The predicted molar refractivity (Wildman–Crippen MR) is 34.5 cm³/mol. The van der Waals surface area contributed by atoms with E-state index in [0.717, 1.165) is 0 Å². The Bertz CT molecular complexity index is 120. The van der Waals surface area contributed by atoms with Gasteiger partial charge < -0.3 is 10.8 Å². The summed E-state index contributed by atoms with van der Waals surface area (Å²) in [5.41, 5.74) is 3.97. The maximum Gasteiger partial charge on any atom is 0.115 e. The molecule has 54 valence electrons. The Labute approximate surface area is 54.2 Å². The van der Waals surface area contributed by atoms with E-state index in [1.54, 1.807) is 0 Å². The Morgan fingerprint density at radius 3 is 2.22 bits per heavy atom. The zero-order valence-corrected chi connectivity index (χ0v) is 5.69. The van der Waals surface area contributed by atoms with E-state index in [9.17, 15) is 4.39 Å². The van der Waals surface area contributed by atoms with Crippen molar-refractivity contribution < 1.29 is 9.50 Å². The minimum Gasteiger partial charge on any atom is -0.391 e. The number of hydrogen-bond acceptors (Lipinski definition) is 2. The van der Waals surface area contributed by atoms with E-state index in [-0.39, 0.29) is 0 Å². The van der Waals surface area contributed by atoms with E-state index in [1.165, 1.54) is 13.8 Å². The van der Waals surface area contributed by atoms with E-state index in [0.29, 0.717) is 0 Å². The normalized spacial score (nSPS) is 20.6. The van der Waals surface area contributed by atoms with Gasteiger partial charge in [0.1, 0.15) is 5.83 Å². The molecule has 0 amide bonds. The first-order valence-corrected chi connectivity index (χ1v) is 2.71. The number of nitrogens with two attached hydrogens (primary N) is 1. The molecule has 0 saturated carbocycles. The second-order valence-corrected chi connectivity index (χ2v) is 2.36. The Balaban J connectivity index is 4.19. The highest BCUT2D eigenvalue weighted by Crippen LogP contribution is 2.16. The highest BCUT2D eigenvalue weighted by atomic mass is 19.1. The molecule has 0 aromatic rings. The molecule has 0 aromatic heterocycles. The predicted octanol–water partition coefficient (Wildman–Crippen LogP) is 0.568. The van der Waals surface area contributed by atoms with Gasteiger partial charge in [0.2, 0.25) is 0 Å². The molecule has 0 aliphatic heterocycles. The molecule has 3 N–H and O–H groups in total. The summed E-state index contributed by atoms with van der Waals surface area (Å²) in [6.45, 7) is 5.81. The molecule has 1 unspecified atom stereocenters. The first-order chi connectivity index (χ1) is 3.89. The van der Waals surface area contributed by atoms with E-state index >= 15 is 0 Å². The fourth-order valence-electron chi connectivity index (χ4n) is 0.227. The molecule has 0 heterocycles. The number of halogens is 1. The van der Waals surface area contributed by atoms with Gasteiger partial charge in [0.25, 0.3) is 0 Å². The second kappa shape index (κ2) is 2.45. The Kier molecular flexibility index (Phi) is 2.34. The van der Waals surface area contributed by atoms with Crippen LogP contribution in [0.2, 0.25) is 0 Å². The first kappa shape index (κ1) is 8.59. The number of aliphatic hydroxyl groups excluding tert-OH is 1. The molecule has 2 atom stereocenters. The van der Waals surface area contributed by atoms with Gasteiger partial charge in [-0.1, -0.05) is 6.58 Å². The van der Waals surface area contributed by atoms with Crippen LogP contribution in [0.1, 0.15) is 13.8 Å². The van der Waals surface area contributed by atoms with Gasteiger partial charge in [-0.25, -0.2) is 4.39 Å². The average molecular weight is 133 g/mol. The first-order valence-electron chi connectivity index (χ1n) is 2.71. The van der Waals surface area contributed by atoms with Crippen LogP contribution in [0.4, 0.5) is 4.39 Å². The third kappa shape index (κ3) is 1.77. The largest absolute Gasteiger partial charge is 0.391 e. The van der Waals surface area contributed by atoms with Crippen molar-refractivity contribution in [2.24, 2.45) is 5.73 Å². The van der Waals surface area contributed by atoms with Crippen molar-refractivity contribution in [2.75, 3.05) is 0 Å². The quantitative estimate of drug-likeness (QED) is 0.578. The maximum absolute atomic E-state index is 12.3. The van der Waals surface area contributed by atoms with Gasteiger partial charge in [-0.3, -0.25) is 0 Å². The minimum absolute atomic E-state index is 0.697. The number of aliphatic hydroxyl groups is 1. The van der Waals surface area contributed by atoms with Crippen molar-refractivity contribution >= 4 is 0 Å². The molecule has 0 aliphatic carbocycles. The van der Waals surface area contributed by atoms with Crippen LogP contribution in [0.3, 0.4) is 0 Å². The summed E-state index contributed by atoms with van der Waals surface area (Å²) in [4.78, 5) is 0. The van der Waals surface area contributed by atoms with Crippen molar-refractivity contribution in [2.45, 2.75) is 25.5 Å². The molecule has 0 saturated heterocycles. The van der Waals surface area contributed by atoms with Crippen LogP contribution >= 0.6 is 0 Å². The zero-order chi connectivity index (χ0) is 7.65. The minimum atomic E-state index is -1.31. The van der Waals surface area contributed by atoms with Gasteiger partial charge in [0.15, 0.2) is 0 Å². The molecule has 0 fully saturated rings. The van der Waals surface area contributed by atoms with Crippen molar-refractivity contribution in [3.63, 3.8) is 0 Å². The smallest absolute Gasteiger partial charge is 0.115 e. The Morgan fingerprint density at radius 2 is 2.22 bits per heavy atom. The third-order valence-electron chi connectivity index (χ3n) is 1.45. The monoisotopic (exact) mass is 133 g/mol. The lowest BCUT2D eigenvalue weighted by atomic mass is 9.97. The lowest BCUT2D eigenvalue weighted by Gasteiger charge is -2.24. The topological polar surface area (TPSA) is 46.2 Å². The molecule has 0 radical (unpaired) electrons. The molecule has 2 nitrogen and oxygen atoms in total. The standard InChI is InChI=1S/C6H12FNO/c1-4(7)6(3,8)5(2)9/h5,9H,1,8H2,2-3H3/t5-,6?/m0/s1. The average Bonchev–Trinajstić information content (AvgIpc) is 1.65. The fraction of sp³-hybridized carbons (Fsp3) is 0.667. The summed E-state index contributed by atoms with van der Waals surface area (Å²) in [6, 6.07) is 0. The Morgan fingerprint density at radius 1 is 1.89 bits per heavy atom. The zero-order valence-electron chi connectivity index (χ0n) is 5.69. The van der Waals surface area contributed by atoms with Gasteiger partial charge in [0.05, 0.1) is 11.6 Å². The van der Waals surface area contributed by atoms with Gasteiger partial charge >= 0.3 is 0 Å². The van der Waals surface area contributed by atoms with Gasteiger partial charge in [-0.2, -0.15) is 0 Å².